The van der Waals surface area contributed by atoms with E-state index in [2.05, 4.69) is 5.32 Å². The van der Waals surface area contributed by atoms with Gasteiger partial charge in [-0.15, -0.1) is 0 Å². The molecule has 4 nitrogen and oxygen atoms in total. The Kier molecular flexibility index (Phi) is 4.21. The summed E-state index contributed by atoms with van der Waals surface area (Å²) in [4.78, 5) is 12.2. The Morgan fingerprint density at radius 3 is 2.90 bits per heavy atom. The van der Waals surface area contributed by atoms with Crippen LogP contribution in [0.4, 0.5) is 0 Å². The molecule has 1 N–H and O–H groups in total. The van der Waals surface area contributed by atoms with Crippen molar-refractivity contribution in [3.63, 3.8) is 0 Å². The van der Waals surface area contributed by atoms with Gasteiger partial charge in [-0.1, -0.05) is 18.2 Å². The van der Waals surface area contributed by atoms with Crippen LogP contribution in [0.1, 0.15) is 43.7 Å². The molecule has 2 aliphatic rings. The van der Waals surface area contributed by atoms with Gasteiger partial charge < -0.3 is 14.8 Å². The van der Waals surface area contributed by atoms with E-state index in [0.717, 1.165) is 50.2 Å². The predicted octanol–water partition coefficient (Wildman–Crippen LogP) is 2.59. The minimum absolute atomic E-state index is 0.0580. The number of nitrogens with one attached hydrogen (secondary N) is 1. The van der Waals surface area contributed by atoms with Crippen LogP contribution < -0.4 is 10.1 Å². The molecule has 108 valence electrons. The summed E-state index contributed by atoms with van der Waals surface area (Å²) < 4.78 is 11.2. The highest BCUT2D eigenvalue weighted by Gasteiger charge is 2.24. The molecule has 4 heteroatoms. The minimum atomic E-state index is 0.0580. The van der Waals surface area contributed by atoms with E-state index in [1.54, 1.807) is 0 Å². The third kappa shape index (κ3) is 3.12. The van der Waals surface area contributed by atoms with Crippen molar-refractivity contribution in [2.75, 3.05) is 13.2 Å². The first-order valence-corrected chi connectivity index (χ1v) is 7.45. The molecule has 0 saturated carbocycles. The molecule has 0 bridgehead atoms. The molecular formula is C16H21NO3. The fourth-order valence-electron chi connectivity index (χ4n) is 2.94. The van der Waals surface area contributed by atoms with E-state index in [1.807, 2.05) is 24.3 Å². The lowest BCUT2D eigenvalue weighted by Gasteiger charge is -2.19. The maximum absolute atomic E-state index is 12.2. The molecule has 1 amide bonds. The first-order chi connectivity index (χ1) is 9.83. The smallest absolute Gasteiger partial charge is 0.223 e. The second-order valence-corrected chi connectivity index (χ2v) is 5.49. The molecule has 0 aromatic heterocycles. The molecule has 2 aliphatic heterocycles. The summed E-state index contributed by atoms with van der Waals surface area (Å²) in [5.41, 5.74) is 1.09. The van der Waals surface area contributed by atoms with Crippen molar-refractivity contribution in [3.8, 4) is 5.75 Å². The number of benzene rings is 1. The molecule has 2 heterocycles. The van der Waals surface area contributed by atoms with E-state index in [0.29, 0.717) is 6.42 Å². The molecule has 1 fully saturated rings. The summed E-state index contributed by atoms with van der Waals surface area (Å²) in [6.45, 7) is 1.51. The Bertz CT molecular complexity index is 469. The van der Waals surface area contributed by atoms with Crippen molar-refractivity contribution in [3.05, 3.63) is 29.8 Å². The Morgan fingerprint density at radius 1 is 1.20 bits per heavy atom. The van der Waals surface area contributed by atoms with Crippen LogP contribution in [0, 0.1) is 0 Å². The molecule has 1 aromatic carbocycles. The number of fused-ring (bicyclic) bond motifs is 1. The Balaban J connectivity index is 1.65. The van der Waals surface area contributed by atoms with Gasteiger partial charge in [0.05, 0.1) is 25.2 Å². The molecule has 0 unspecified atom stereocenters. The van der Waals surface area contributed by atoms with Gasteiger partial charge in [-0.2, -0.15) is 0 Å². The van der Waals surface area contributed by atoms with E-state index < -0.39 is 0 Å². The summed E-state index contributed by atoms with van der Waals surface area (Å²) in [5.74, 6) is 0.978. The van der Waals surface area contributed by atoms with Crippen molar-refractivity contribution in [2.45, 2.75) is 44.2 Å². The van der Waals surface area contributed by atoms with Gasteiger partial charge in [-0.25, -0.2) is 0 Å². The maximum atomic E-state index is 12.2. The summed E-state index contributed by atoms with van der Waals surface area (Å²) in [6, 6.07) is 8.03. The van der Waals surface area contributed by atoms with Gasteiger partial charge in [-0.05, 0) is 31.7 Å². The van der Waals surface area contributed by atoms with Gasteiger partial charge in [0, 0.05) is 12.2 Å². The zero-order chi connectivity index (χ0) is 13.8. The van der Waals surface area contributed by atoms with Crippen LogP contribution in [0.3, 0.4) is 0 Å². The summed E-state index contributed by atoms with van der Waals surface area (Å²) in [5, 5.41) is 3.14. The number of hydrogen-bond donors (Lipinski definition) is 1. The van der Waals surface area contributed by atoms with Crippen molar-refractivity contribution in [1.29, 1.82) is 0 Å². The highest BCUT2D eigenvalue weighted by molar-refractivity contribution is 5.77. The second kappa shape index (κ2) is 6.27. The molecule has 3 rings (SSSR count). The number of rotatable bonds is 3. The number of ether oxygens (including phenoxy) is 2. The predicted molar refractivity (Wildman–Crippen MR) is 75.6 cm³/mol. The summed E-state index contributed by atoms with van der Waals surface area (Å²) in [6.07, 6.45) is 4.52. The molecule has 2 atom stereocenters. The summed E-state index contributed by atoms with van der Waals surface area (Å²) >= 11 is 0. The highest BCUT2D eigenvalue weighted by Crippen LogP contribution is 2.31. The standard InChI is InChI=1S/C16H21NO3/c18-16(11-12-5-3-9-19-12)17-14-7-4-10-20-15-8-2-1-6-13(14)15/h1-2,6,8,12,14H,3-5,7,9-11H2,(H,17,18)/t12-,14-/m0/s1. The third-order valence-electron chi connectivity index (χ3n) is 3.96. The highest BCUT2D eigenvalue weighted by atomic mass is 16.5. The van der Waals surface area contributed by atoms with Crippen LogP contribution in [-0.2, 0) is 9.53 Å². The second-order valence-electron chi connectivity index (χ2n) is 5.49. The quantitative estimate of drug-likeness (QED) is 0.922. The van der Waals surface area contributed by atoms with Crippen LogP contribution in [-0.4, -0.2) is 25.2 Å². The number of carbonyl (C=O) groups is 1. The topological polar surface area (TPSA) is 47.6 Å². The molecule has 20 heavy (non-hydrogen) atoms. The van der Waals surface area contributed by atoms with Crippen molar-refractivity contribution >= 4 is 5.91 Å². The third-order valence-corrected chi connectivity index (χ3v) is 3.96. The number of hydrogen-bond acceptors (Lipinski definition) is 3. The SMILES string of the molecule is O=C(C[C@@H]1CCCO1)N[C@H]1CCCOc2ccccc21. The van der Waals surface area contributed by atoms with Crippen LogP contribution in [0.5, 0.6) is 5.75 Å². The van der Waals surface area contributed by atoms with E-state index in [1.165, 1.54) is 0 Å². The van der Waals surface area contributed by atoms with Gasteiger partial charge >= 0.3 is 0 Å². The monoisotopic (exact) mass is 275 g/mol. The fourth-order valence-corrected chi connectivity index (χ4v) is 2.94. The summed E-state index contributed by atoms with van der Waals surface area (Å²) in [7, 11) is 0. The first kappa shape index (κ1) is 13.4. The van der Waals surface area contributed by atoms with E-state index in [9.17, 15) is 4.79 Å². The molecule has 0 aliphatic carbocycles. The van der Waals surface area contributed by atoms with E-state index in [-0.39, 0.29) is 18.1 Å². The lowest BCUT2D eigenvalue weighted by atomic mass is 10.0. The molecule has 0 spiro atoms. The molecular weight excluding hydrogens is 254 g/mol. The van der Waals surface area contributed by atoms with Crippen LogP contribution in [0.2, 0.25) is 0 Å². The van der Waals surface area contributed by atoms with Crippen LogP contribution in [0.25, 0.3) is 0 Å². The fraction of sp³-hybridized carbons (Fsp3) is 0.562. The van der Waals surface area contributed by atoms with Crippen molar-refractivity contribution in [1.82, 2.24) is 5.32 Å². The van der Waals surface area contributed by atoms with Gasteiger partial charge in [0.2, 0.25) is 5.91 Å². The average molecular weight is 275 g/mol. The zero-order valence-corrected chi connectivity index (χ0v) is 11.6. The lowest BCUT2D eigenvalue weighted by molar-refractivity contribution is -0.124. The van der Waals surface area contributed by atoms with E-state index in [4.69, 9.17) is 9.47 Å². The molecule has 0 radical (unpaired) electrons. The van der Waals surface area contributed by atoms with Gasteiger partial charge in [0.15, 0.2) is 0 Å². The van der Waals surface area contributed by atoms with Crippen LogP contribution >= 0.6 is 0 Å². The number of amides is 1. The Labute approximate surface area is 119 Å². The maximum Gasteiger partial charge on any atom is 0.223 e. The van der Waals surface area contributed by atoms with Crippen molar-refractivity contribution in [2.24, 2.45) is 0 Å². The first-order valence-electron chi connectivity index (χ1n) is 7.45. The van der Waals surface area contributed by atoms with Gasteiger partial charge in [0.1, 0.15) is 5.75 Å². The number of para-hydroxylation sites is 1. The zero-order valence-electron chi connectivity index (χ0n) is 11.6. The normalized spacial score (nSPS) is 25.4. The lowest BCUT2D eigenvalue weighted by Crippen LogP contribution is -2.31. The minimum Gasteiger partial charge on any atom is -0.493 e. The number of carbonyl (C=O) groups excluding carboxylic acids is 1. The Hall–Kier alpha value is -1.55. The van der Waals surface area contributed by atoms with E-state index >= 15 is 0 Å². The molecule has 1 aromatic rings. The van der Waals surface area contributed by atoms with Crippen molar-refractivity contribution < 1.29 is 14.3 Å². The van der Waals surface area contributed by atoms with Gasteiger partial charge in [-0.3, -0.25) is 4.79 Å². The molecule has 1 saturated heterocycles. The van der Waals surface area contributed by atoms with Gasteiger partial charge in [0.25, 0.3) is 0 Å². The largest absolute Gasteiger partial charge is 0.493 e. The van der Waals surface area contributed by atoms with Crippen LogP contribution in [0.15, 0.2) is 24.3 Å². The average Bonchev–Trinajstić information content (AvgIpc) is 2.87. The Morgan fingerprint density at radius 2 is 2.05 bits per heavy atom.